The number of ether oxygens (including phenoxy) is 1. The van der Waals surface area contributed by atoms with Crippen LogP contribution in [0.15, 0.2) is 86.0 Å². The molecule has 0 spiro atoms. The first kappa shape index (κ1) is 25.8. The Labute approximate surface area is 173 Å². The van der Waals surface area contributed by atoms with Crippen molar-refractivity contribution in [1.82, 2.24) is 0 Å². The summed E-state index contributed by atoms with van der Waals surface area (Å²) in [7, 11) is 0. The molecule has 156 valence electrons. The van der Waals surface area contributed by atoms with Gasteiger partial charge in [0.1, 0.15) is 6.61 Å². The fourth-order valence-corrected chi connectivity index (χ4v) is 1.84. The number of aliphatic carboxylic acids is 1. The van der Waals surface area contributed by atoms with Crippen molar-refractivity contribution in [2.45, 2.75) is 38.9 Å². The molecular formula is C24H30O5. The van der Waals surface area contributed by atoms with Gasteiger partial charge in [-0.3, -0.25) is 9.59 Å². The maximum Gasteiger partial charge on any atom is 0.306 e. The molecule has 0 aliphatic rings. The average molecular weight is 398 g/mol. The Balaban J connectivity index is 0.000000444. The van der Waals surface area contributed by atoms with E-state index in [1.54, 1.807) is 12.2 Å². The molecule has 0 heterocycles. The molecule has 5 nitrogen and oxygen atoms in total. The molecule has 0 fully saturated rings. The van der Waals surface area contributed by atoms with Crippen molar-refractivity contribution in [1.29, 1.82) is 0 Å². The molecule has 2 aromatic carbocycles. The molecule has 0 amide bonds. The smallest absolute Gasteiger partial charge is 0.306 e. The molecule has 2 rings (SSSR count). The number of hydrogen-bond donors (Lipinski definition) is 2. The number of allylic oxidation sites excluding steroid dienone is 2. The molecule has 0 aliphatic carbocycles. The van der Waals surface area contributed by atoms with Gasteiger partial charge in [0.25, 0.3) is 0 Å². The van der Waals surface area contributed by atoms with Gasteiger partial charge in [-0.05, 0) is 24.0 Å². The Morgan fingerprint density at radius 1 is 0.828 bits per heavy atom. The first-order chi connectivity index (χ1) is 14.0. The molecule has 0 saturated carbocycles. The quantitative estimate of drug-likeness (QED) is 0.463. The fraction of sp³-hybridized carbons (Fsp3) is 0.250. The predicted octanol–water partition coefficient (Wildman–Crippen LogP) is 4.91. The highest BCUT2D eigenvalue weighted by molar-refractivity contribution is 5.69. The fourth-order valence-electron chi connectivity index (χ4n) is 1.84. The van der Waals surface area contributed by atoms with Crippen LogP contribution < -0.4 is 0 Å². The lowest BCUT2D eigenvalue weighted by Gasteiger charge is -2.03. The van der Waals surface area contributed by atoms with Gasteiger partial charge in [0.2, 0.25) is 0 Å². The lowest BCUT2D eigenvalue weighted by Crippen LogP contribution is -2.03. The van der Waals surface area contributed by atoms with Crippen LogP contribution in [-0.2, 0) is 27.5 Å². The lowest BCUT2D eigenvalue weighted by atomic mass is 10.2. The lowest BCUT2D eigenvalue weighted by molar-refractivity contribution is -0.144. The topological polar surface area (TPSA) is 83.8 Å². The number of carbonyl (C=O) groups is 2. The summed E-state index contributed by atoms with van der Waals surface area (Å²) in [6, 6.07) is 19.2. The summed E-state index contributed by atoms with van der Waals surface area (Å²) in [5.74, 6) is -0.936. The summed E-state index contributed by atoms with van der Waals surface area (Å²) in [6.07, 6.45) is 5.15. The Bertz CT molecular complexity index is 696. The van der Waals surface area contributed by atoms with Crippen molar-refractivity contribution < 1.29 is 24.5 Å². The zero-order valence-corrected chi connectivity index (χ0v) is 16.7. The summed E-state index contributed by atoms with van der Waals surface area (Å²) in [4.78, 5) is 20.8. The highest BCUT2D eigenvalue weighted by Gasteiger charge is 2.00. The van der Waals surface area contributed by atoms with Crippen molar-refractivity contribution in [2.24, 2.45) is 0 Å². The number of hydrogen-bond acceptors (Lipinski definition) is 4. The van der Waals surface area contributed by atoms with Gasteiger partial charge in [-0.25, -0.2) is 0 Å². The third-order valence-electron chi connectivity index (χ3n) is 3.38. The number of benzene rings is 2. The zero-order valence-electron chi connectivity index (χ0n) is 16.7. The van der Waals surface area contributed by atoms with Gasteiger partial charge in [-0.15, -0.1) is 13.2 Å². The molecular weight excluding hydrogens is 368 g/mol. The minimum atomic E-state index is -0.764. The normalized spacial score (nSPS) is 9.00. The number of carboxylic acid groups (broad SMARTS) is 1. The van der Waals surface area contributed by atoms with Crippen molar-refractivity contribution in [3.63, 3.8) is 0 Å². The van der Waals surface area contributed by atoms with Crippen molar-refractivity contribution in [3.8, 4) is 0 Å². The molecule has 29 heavy (non-hydrogen) atoms. The zero-order chi connectivity index (χ0) is 21.7. The van der Waals surface area contributed by atoms with E-state index in [0.717, 1.165) is 11.1 Å². The van der Waals surface area contributed by atoms with E-state index in [4.69, 9.17) is 14.9 Å². The summed E-state index contributed by atoms with van der Waals surface area (Å²) >= 11 is 0. The Morgan fingerprint density at radius 2 is 1.31 bits per heavy atom. The standard InChI is InChI=1S/C12H14O2.C7H8O.C5H8O2/c1-2-3-9-12(13)14-10-11-7-5-4-6-8-11;8-6-7-4-2-1-3-5-7;1-2-3-4-5(6)7/h2,4-8H,1,3,9-10H2;1-5,8H,6H2;2H,1,3-4H2,(H,6,7). The van der Waals surface area contributed by atoms with E-state index in [2.05, 4.69) is 13.2 Å². The number of aliphatic hydroxyl groups is 1. The van der Waals surface area contributed by atoms with Gasteiger partial charge in [-0.2, -0.15) is 0 Å². The number of carbonyl (C=O) groups excluding carboxylic acids is 1. The summed E-state index contributed by atoms with van der Waals surface area (Å²) < 4.78 is 5.04. The number of rotatable bonds is 9. The van der Waals surface area contributed by atoms with Gasteiger partial charge in [0.15, 0.2) is 0 Å². The third kappa shape index (κ3) is 16.7. The molecule has 0 bridgehead atoms. The van der Waals surface area contributed by atoms with Gasteiger partial charge in [0.05, 0.1) is 6.61 Å². The molecule has 0 radical (unpaired) electrons. The monoisotopic (exact) mass is 398 g/mol. The molecule has 2 N–H and O–H groups in total. The molecule has 0 aliphatic heterocycles. The second kappa shape index (κ2) is 18.2. The van der Waals surface area contributed by atoms with Gasteiger partial charge in [-0.1, -0.05) is 72.8 Å². The van der Waals surface area contributed by atoms with Crippen LogP contribution in [0, 0.1) is 0 Å². The van der Waals surface area contributed by atoms with Crippen LogP contribution in [0.1, 0.15) is 36.8 Å². The Kier molecular flexibility index (Phi) is 16.2. The second-order valence-corrected chi connectivity index (χ2v) is 5.84. The summed E-state index contributed by atoms with van der Waals surface area (Å²) in [6.45, 7) is 7.41. The SMILES string of the molecule is C=CCCC(=O)O.C=CCCC(=O)OCc1ccccc1.OCc1ccccc1. The minimum Gasteiger partial charge on any atom is -0.481 e. The van der Waals surface area contributed by atoms with E-state index in [1.807, 2.05) is 60.7 Å². The third-order valence-corrected chi connectivity index (χ3v) is 3.38. The Morgan fingerprint density at radius 3 is 1.69 bits per heavy atom. The second-order valence-electron chi connectivity index (χ2n) is 5.84. The highest BCUT2D eigenvalue weighted by atomic mass is 16.5. The van der Waals surface area contributed by atoms with Crippen LogP contribution in [0.25, 0.3) is 0 Å². The van der Waals surface area contributed by atoms with Crippen LogP contribution in [0.3, 0.4) is 0 Å². The highest BCUT2D eigenvalue weighted by Crippen LogP contribution is 2.02. The number of carboxylic acids is 1. The van der Waals surface area contributed by atoms with Crippen LogP contribution in [0.5, 0.6) is 0 Å². The predicted molar refractivity (Wildman–Crippen MR) is 115 cm³/mol. The maximum atomic E-state index is 11.1. The summed E-state index contributed by atoms with van der Waals surface area (Å²) in [5, 5.41) is 16.5. The molecule has 0 atom stereocenters. The molecule has 2 aromatic rings. The van der Waals surface area contributed by atoms with Crippen LogP contribution >= 0.6 is 0 Å². The van der Waals surface area contributed by atoms with E-state index in [1.165, 1.54) is 0 Å². The molecule has 0 unspecified atom stereocenters. The molecule has 0 aromatic heterocycles. The summed E-state index contributed by atoms with van der Waals surface area (Å²) in [5.41, 5.74) is 1.98. The minimum absolute atomic E-state index is 0.140. The van der Waals surface area contributed by atoms with Crippen LogP contribution in [-0.4, -0.2) is 22.2 Å². The first-order valence-electron chi connectivity index (χ1n) is 9.31. The number of aliphatic hydroxyl groups excluding tert-OH is 1. The number of esters is 1. The van der Waals surface area contributed by atoms with E-state index in [0.29, 0.717) is 25.9 Å². The van der Waals surface area contributed by atoms with Crippen molar-refractivity contribution in [3.05, 3.63) is 97.1 Å². The van der Waals surface area contributed by atoms with E-state index in [-0.39, 0.29) is 19.0 Å². The van der Waals surface area contributed by atoms with E-state index < -0.39 is 5.97 Å². The molecule has 5 heteroatoms. The van der Waals surface area contributed by atoms with E-state index in [9.17, 15) is 9.59 Å². The van der Waals surface area contributed by atoms with Crippen LogP contribution in [0.2, 0.25) is 0 Å². The van der Waals surface area contributed by atoms with Gasteiger partial charge >= 0.3 is 11.9 Å². The molecule has 0 saturated heterocycles. The van der Waals surface area contributed by atoms with Crippen LogP contribution in [0.4, 0.5) is 0 Å². The largest absolute Gasteiger partial charge is 0.481 e. The van der Waals surface area contributed by atoms with Crippen molar-refractivity contribution >= 4 is 11.9 Å². The average Bonchev–Trinajstić information content (AvgIpc) is 2.77. The van der Waals surface area contributed by atoms with Gasteiger partial charge < -0.3 is 14.9 Å². The van der Waals surface area contributed by atoms with Crippen molar-refractivity contribution in [2.75, 3.05) is 0 Å². The van der Waals surface area contributed by atoms with Gasteiger partial charge in [0, 0.05) is 12.8 Å². The maximum absolute atomic E-state index is 11.1. The van der Waals surface area contributed by atoms with E-state index >= 15 is 0 Å². The Hall–Kier alpha value is -3.18. The first-order valence-corrected chi connectivity index (χ1v) is 9.31.